The number of hydrogen-bond donors (Lipinski definition) is 4. The van der Waals surface area contributed by atoms with Gasteiger partial charge in [0.05, 0.1) is 40.5 Å². The Balaban J connectivity index is -0.000000135. The molecule has 4 N–H and O–H groups in total. The van der Waals surface area contributed by atoms with Crippen molar-refractivity contribution in [2.24, 2.45) is 9.98 Å². The minimum atomic E-state index is -0.173. The second-order valence-corrected chi connectivity index (χ2v) is 8.90. The van der Waals surface area contributed by atoms with Crippen LogP contribution in [-0.4, -0.2) is 89.3 Å². The van der Waals surface area contributed by atoms with Crippen molar-refractivity contribution in [3.8, 4) is 23.0 Å². The summed E-state index contributed by atoms with van der Waals surface area (Å²) in [5.41, 5.74) is 0.978. The van der Waals surface area contributed by atoms with Crippen LogP contribution in [-0.2, 0) is 59.0 Å². The van der Waals surface area contributed by atoms with Gasteiger partial charge in [0.1, 0.15) is 11.5 Å². The summed E-state index contributed by atoms with van der Waals surface area (Å²) in [6.07, 6.45) is 3.08. The first kappa shape index (κ1) is 53.4. The Labute approximate surface area is 286 Å². The maximum Gasteiger partial charge on any atom is 0.112 e. The summed E-state index contributed by atoms with van der Waals surface area (Å²) < 4.78 is 11.5. The van der Waals surface area contributed by atoms with Gasteiger partial charge in [-0.25, -0.2) is 0 Å². The molecule has 14 nitrogen and oxygen atoms in total. The normalized spacial score (nSPS) is 9.48. The molecule has 2 aromatic rings. The maximum atomic E-state index is 11.8. The Morgan fingerprint density at radius 2 is 1.02 bits per heavy atom. The minimum Gasteiger partial charge on any atom is -2.00 e. The van der Waals surface area contributed by atoms with Crippen molar-refractivity contribution >= 4 is 44.3 Å². The second-order valence-electron chi connectivity index (χ2n) is 7.07. The predicted molar refractivity (Wildman–Crippen MR) is 148 cm³/mol. The fraction of sp³-hybridized carbons (Fsp3) is 0.417. The molecular formula is C24H32Br2N4O10V2-10. The Bertz CT molecular complexity index is 919. The van der Waals surface area contributed by atoms with Gasteiger partial charge in [-0.05, 0) is 35.4 Å². The molecule has 2 rings (SSSR count). The number of aliphatic imine (C=N–C) groups is 2. The van der Waals surface area contributed by atoms with E-state index in [1.54, 1.807) is 24.3 Å². The molecule has 0 bridgehead atoms. The number of halogens is 2. The average Bonchev–Trinajstić information content (AvgIpc) is 2.87. The van der Waals surface area contributed by atoms with Crippen LogP contribution in [0.25, 0.3) is 0 Å². The summed E-state index contributed by atoms with van der Waals surface area (Å²) in [6, 6.07) is 6.66. The molecule has 0 aliphatic carbocycles. The monoisotopic (exact) mass is 796 g/mol. The van der Waals surface area contributed by atoms with Crippen molar-refractivity contribution in [2.45, 2.75) is 0 Å². The number of nitrogens with one attached hydrogen (secondary N) is 2. The Morgan fingerprint density at radius 3 is 1.31 bits per heavy atom. The van der Waals surface area contributed by atoms with Crippen LogP contribution in [0.5, 0.6) is 23.0 Å². The zero-order valence-corrected chi connectivity index (χ0v) is 28.8. The van der Waals surface area contributed by atoms with Gasteiger partial charge in [-0.15, -0.1) is 0 Å². The van der Waals surface area contributed by atoms with Crippen LogP contribution in [0.3, 0.4) is 0 Å². The summed E-state index contributed by atoms with van der Waals surface area (Å²) in [6.45, 7) is 3.74. The smallest absolute Gasteiger partial charge is 0.112 e. The number of nitrogens with zero attached hydrogens (tertiary/aromatic N) is 2. The van der Waals surface area contributed by atoms with Gasteiger partial charge in [0.25, 0.3) is 0 Å². The molecule has 0 unspecified atom stereocenters. The van der Waals surface area contributed by atoms with Gasteiger partial charge < -0.3 is 62.4 Å². The molecule has 2 aromatic carbocycles. The summed E-state index contributed by atoms with van der Waals surface area (Å²) in [7, 11) is 2.92. The first-order valence-electron chi connectivity index (χ1n) is 11.1. The third kappa shape index (κ3) is 21.5. The van der Waals surface area contributed by atoms with Crippen molar-refractivity contribution in [3.05, 3.63) is 44.3 Å². The fourth-order valence-electron chi connectivity index (χ4n) is 2.69. The van der Waals surface area contributed by atoms with Gasteiger partial charge >= 0.3 is 0 Å². The zero-order valence-electron chi connectivity index (χ0n) is 22.8. The number of methoxy groups -OCH3 is 2. The Kier molecular flexibility index (Phi) is 41.5. The van der Waals surface area contributed by atoms with Crippen LogP contribution >= 0.6 is 31.9 Å². The molecular weight excluding hydrogens is 766 g/mol. The Hall–Kier alpha value is -1.21. The van der Waals surface area contributed by atoms with Crippen LogP contribution in [0, 0.1) is 0 Å². The second kappa shape index (κ2) is 32.7. The minimum absolute atomic E-state index is 0. The summed E-state index contributed by atoms with van der Waals surface area (Å²) >= 11 is 6.62. The molecule has 0 saturated heterocycles. The van der Waals surface area contributed by atoms with Crippen LogP contribution < -0.4 is 30.3 Å². The quantitative estimate of drug-likeness (QED) is 0.155. The summed E-state index contributed by atoms with van der Waals surface area (Å²) in [5.74, 6) is 0.244. The van der Waals surface area contributed by atoms with Crippen molar-refractivity contribution in [1.29, 1.82) is 0 Å². The van der Waals surface area contributed by atoms with Gasteiger partial charge in [0.15, 0.2) is 0 Å². The van der Waals surface area contributed by atoms with Crippen molar-refractivity contribution in [1.82, 2.24) is 10.6 Å². The van der Waals surface area contributed by atoms with Crippen LogP contribution in [0.4, 0.5) is 0 Å². The molecule has 0 atom stereocenters. The SMILES string of the molecule is COc1cc(Br)cc(C=NCCNCCO)c1[O-].COc1cc(Br)cc(C=NCCNCCO)c1[O-].[O-2].[O-2].[O-2].[O-2].[V].[V]. The molecule has 0 fully saturated rings. The van der Waals surface area contributed by atoms with Crippen LogP contribution in [0.1, 0.15) is 11.1 Å². The molecule has 242 valence electrons. The van der Waals surface area contributed by atoms with Crippen LogP contribution in [0.2, 0.25) is 0 Å². The molecule has 0 aromatic heterocycles. The van der Waals surface area contributed by atoms with E-state index >= 15 is 0 Å². The molecule has 0 amide bonds. The number of ether oxygens (including phenoxy) is 2. The molecule has 0 saturated carbocycles. The third-order valence-electron chi connectivity index (χ3n) is 4.41. The molecule has 0 aliphatic rings. The van der Waals surface area contributed by atoms with Gasteiger partial charge in [-0.3, -0.25) is 9.98 Å². The van der Waals surface area contributed by atoms with Gasteiger partial charge in [0, 0.05) is 84.7 Å². The van der Waals surface area contributed by atoms with E-state index in [4.69, 9.17) is 19.7 Å². The number of hydrogen-bond acceptors (Lipinski definition) is 10. The van der Waals surface area contributed by atoms with Gasteiger partial charge in [0.2, 0.25) is 0 Å². The van der Waals surface area contributed by atoms with E-state index < -0.39 is 0 Å². The molecule has 2 radical (unpaired) electrons. The molecule has 42 heavy (non-hydrogen) atoms. The topological polar surface area (TPSA) is 268 Å². The van der Waals surface area contributed by atoms with E-state index in [2.05, 4.69) is 52.5 Å². The van der Waals surface area contributed by atoms with E-state index in [0.29, 0.717) is 61.9 Å². The van der Waals surface area contributed by atoms with E-state index in [-0.39, 0.29) is 83.7 Å². The number of benzene rings is 2. The summed E-state index contributed by atoms with van der Waals surface area (Å²) in [5, 5.41) is 46.8. The van der Waals surface area contributed by atoms with Crippen molar-refractivity contribution in [2.75, 3.05) is 66.7 Å². The molecule has 18 heteroatoms. The van der Waals surface area contributed by atoms with Gasteiger partial charge in [-0.1, -0.05) is 43.4 Å². The molecule has 0 aliphatic heterocycles. The van der Waals surface area contributed by atoms with Crippen LogP contribution in [0.15, 0.2) is 43.2 Å². The van der Waals surface area contributed by atoms with Gasteiger partial charge in [-0.2, -0.15) is 0 Å². The van der Waals surface area contributed by atoms with E-state index in [9.17, 15) is 10.2 Å². The fourth-order valence-corrected chi connectivity index (χ4v) is 3.60. The standard InChI is InChI=1S/2C12H17BrN2O3.4O.2V/c2*1-18-11-7-10(13)6-9(12(11)17)8-15-3-2-14-4-5-16;;;;;;/h2*6-8,14,16-17H,2-5H2,1H3;;;;;;/q;;4*-2;;/p-2. The largest absolute Gasteiger partial charge is 2.00 e. The van der Waals surface area contributed by atoms with E-state index in [1.807, 2.05) is 0 Å². The summed E-state index contributed by atoms with van der Waals surface area (Å²) in [4.78, 5) is 8.29. The number of rotatable bonds is 14. The number of aliphatic hydroxyl groups excluding tert-OH is 2. The maximum absolute atomic E-state index is 11.8. The first-order valence-corrected chi connectivity index (χ1v) is 12.7. The van der Waals surface area contributed by atoms with Crippen molar-refractivity contribution in [3.63, 3.8) is 0 Å². The number of aliphatic hydroxyl groups is 2. The van der Waals surface area contributed by atoms with Crippen molar-refractivity contribution < 1.29 is 88.9 Å². The third-order valence-corrected chi connectivity index (χ3v) is 5.33. The average molecular weight is 798 g/mol. The van der Waals surface area contributed by atoms with E-state index in [0.717, 1.165) is 8.95 Å². The van der Waals surface area contributed by atoms with E-state index in [1.165, 1.54) is 26.6 Å². The first-order chi connectivity index (χ1) is 17.4. The predicted octanol–water partition coefficient (Wildman–Crippen LogP) is 0.584. The molecule has 0 spiro atoms. The Morgan fingerprint density at radius 1 is 0.690 bits per heavy atom. The zero-order chi connectivity index (χ0) is 26.8. The molecule has 0 heterocycles.